The summed E-state index contributed by atoms with van der Waals surface area (Å²) < 4.78 is 34.0. The molecule has 0 aliphatic carbocycles. The van der Waals surface area contributed by atoms with Crippen molar-refractivity contribution >= 4 is 21.9 Å². The number of aryl methyl sites for hydroxylation is 3. The Labute approximate surface area is 219 Å². The number of hydrogen-bond donors (Lipinski definition) is 0. The molecule has 5 aromatic rings. The summed E-state index contributed by atoms with van der Waals surface area (Å²) in [5.41, 5.74) is 8.64. The number of furan rings is 1. The highest BCUT2D eigenvalue weighted by molar-refractivity contribution is 6.09. The zero-order chi connectivity index (χ0) is 28.5. The Hall–Kier alpha value is -3.39. The van der Waals surface area contributed by atoms with Crippen LogP contribution in [0.3, 0.4) is 0 Å². The SMILES string of the molecule is [2H]C([2H])([2H])c1cc(C(C)(C)C)ccc1-c1cc(-c2c(C)ccc3c2oc2ccccc23)[n+](C)cc1C(C)(C)C. The summed E-state index contributed by atoms with van der Waals surface area (Å²) in [5, 5.41) is 2.16. The Morgan fingerprint density at radius 2 is 1.53 bits per heavy atom. The van der Waals surface area contributed by atoms with Gasteiger partial charge in [0.1, 0.15) is 18.2 Å². The predicted octanol–water partition coefficient (Wildman–Crippen LogP) is 8.96. The Morgan fingerprint density at radius 3 is 2.22 bits per heavy atom. The number of benzene rings is 3. The van der Waals surface area contributed by atoms with E-state index in [9.17, 15) is 0 Å². The van der Waals surface area contributed by atoms with E-state index in [-0.39, 0.29) is 10.8 Å². The van der Waals surface area contributed by atoms with Crippen molar-refractivity contribution in [2.75, 3.05) is 0 Å². The standard InChI is InChI=1S/C34H38NO/c1-21-14-16-26-25-12-10-11-13-30(25)36-32(26)31(21)29-19-27(28(20-35(29)9)34(6,7)8)24-17-15-23(18-22(24)2)33(3,4)5/h10-20H,1-9H3/q+1/i2D3. The summed E-state index contributed by atoms with van der Waals surface area (Å²) in [6, 6.07) is 20.5. The van der Waals surface area contributed by atoms with E-state index in [4.69, 9.17) is 8.53 Å². The molecule has 184 valence electrons. The molecule has 0 N–H and O–H groups in total. The Morgan fingerprint density at radius 1 is 0.778 bits per heavy atom. The third-order valence-corrected chi connectivity index (χ3v) is 7.27. The molecule has 0 aliphatic heterocycles. The molecule has 0 fully saturated rings. The first-order chi connectivity index (χ1) is 18.1. The zero-order valence-electron chi connectivity index (χ0n) is 25.7. The van der Waals surface area contributed by atoms with E-state index in [0.717, 1.165) is 61.0 Å². The van der Waals surface area contributed by atoms with Crippen LogP contribution in [0.25, 0.3) is 44.3 Å². The minimum Gasteiger partial charge on any atom is -0.455 e. The lowest BCUT2D eigenvalue weighted by Gasteiger charge is -2.25. The highest BCUT2D eigenvalue weighted by Gasteiger charge is 2.28. The quantitative estimate of drug-likeness (QED) is 0.231. The van der Waals surface area contributed by atoms with Gasteiger partial charge >= 0.3 is 0 Å². The highest BCUT2D eigenvalue weighted by atomic mass is 16.3. The number of aromatic nitrogens is 1. The molecule has 3 aromatic carbocycles. The van der Waals surface area contributed by atoms with Crippen molar-refractivity contribution in [2.45, 2.75) is 66.1 Å². The molecule has 5 rings (SSSR count). The normalized spacial score (nSPS) is 14.2. The first-order valence-corrected chi connectivity index (χ1v) is 12.7. The molecule has 0 atom stereocenters. The lowest BCUT2D eigenvalue weighted by molar-refractivity contribution is -0.660. The lowest BCUT2D eigenvalue weighted by atomic mass is 9.79. The fourth-order valence-corrected chi connectivity index (χ4v) is 5.17. The zero-order valence-corrected chi connectivity index (χ0v) is 22.7. The number of rotatable bonds is 2. The van der Waals surface area contributed by atoms with Gasteiger partial charge in [-0.1, -0.05) is 90.1 Å². The number of hydrogen-bond acceptors (Lipinski definition) is 1. The van der Waals surface area contributed by atoms with Crippen LogP contribution in [0.5, 0.6) is 0 Å². The average molecular weight is 480 g/mol. The van der Waals surface area contributed by atoms with Gasteiger partial charge in [0, 0.05) is 26.5 Å². The van der Waals surface area contributed by atoms with Crippen LogP contribution in [0.1, 0.15) is 67.9 Å². The van der Waals surface area contributed by atoms with Gasteiger partial charge in [-0.05, 0) is 58.5 Å². The maximum Gasteiger partial charge on any atom is 0.216 e. The molecule has 0 unspecified atom stereocenters. The van der Waals surface area contributed by atoms with Crippen molar-refractivity contribution in [1.29, 1.82) is 0 Å². The van der Waals surface area contributed by atoms with Gasteiger partial charge in [-0.15, -0.1) is 0 Å². The second kappa shape index (κ2) is 8.34. The van der Waals surface area contributed by atoms with Crippen molar-refractivity contribution in [3.8, 4) is 22.4 Å². The fourth-order valence-electron chi connectivity index (χ4n) is 5.17. The van der Waals surface area contributed by atoms with Crippen molar-refractivity contribution in [2.24, 2.45) is 7.05 Å². The maximum absolute atomic E-state index is 8.47. The highest BCUT2D eigenvalue weighted by Crippen LogP contribution is 2.41. The van der Waals surface area contributed by atoms with Crippen LogP contribution >= 0.6 is 0 Å². The molecule has 36 heavy (non-hydrogen) atoms. The molecule has 2 heterocycles. The van der Waals surface area contributed by atoms with Crippen LogP contribution in [0.2, 0.25) is 0 Å². The largest absolute Gasteiger partial charge is 0.455 e. The molecule has 0 amide bonds. The molecule has 2 nitrogen and oxygen atoms in total. The molecule has 2 heteroatoms. The van der Waals surface area contributed by atoms with Crippen molar-refractivity contribution in [3.63, 3.8) is 0 Å². The number of para-hydroxylation sites is 1. The summed E-state index contributed by atoms with van der Waals surface area (Å²) in [5.74, 6) is 0. The molecule has 0 saturated carbocycles. The molecule has 0 bridgehead atoms. The molecular formula is C34H38NO+. The topological polar surface area (TPSA) is 17.0 Å². The van der Waals surface area contributed by atoms with Gasteiger partial charge in [0.25, 0.3) is 0 Å². The van der Waals surface area contributed by atoms with Crippen LogP contribution in [-0.4, -0.2) is 0 Å². The van der Waals surface area contributed by atoms with Gasteiger partial charge in [-0.25, -0.2) is 4.57 Å². The van der Waals surface area contributed by atoms with Crippen molar-refractivity contribution in [3.05, 3.63) is 89.1 Å². The van der Waals surface area contributed by atoms with Gasteiger partial charge in [0.05, 0.1) is 5.56 Å². The summed E-state index contributed by atoms with van der Waals surface area (Å²) in [4.78, 5) is 0. The van der Waals surface area contributed by atoms with Gasteiger partial charge in [0.15, 0.2) is 6.20 Å². The Balaban J connectivity index is 1.87. The monoisotopic (exact) mass is 479 g/mol. The summed E-state index contributed by atoms with van der Waals surface area (Å²) in [6.07, 6.45) is 2.16. The minimum absolute atomic E-state index is 0.159. The fraction of sp³-hybridized carbons (Fsp3) is 0.324. The van der Waals surface area contributed by atoms with Crippen LogP contribution in [0.4, 0.5) is 0 Å². The number of fused-ring (bicyclic) bond motifs is 3. The number of nitrogens with zero attached hydrogens (tertiary/aromatic N) is 1. The molecular weight excluding hydrogens is 438 g/mol. The van der Waals surface area contributed by atoms with Crippen LogP contribution in [-0.2, 0) is 17.9 Å². The van der Waals surface area contributed by atoms with E-state index in [2.05, 4.69) is 96.6 Å². The van der Waals surface area contributed by atoms with E-state index in [1.54, 1.807) is 0 Å². The summed E-state index contributed by atoms with van der Waals surface area (Å²) in [6.45, 7) is 12.7. The maximum atomic E-state index is 8.47. The van der Waals surface area contributed by atoms with Gasteiger partial charge in [0.2, 0.25) is 5.69 Å². The van der Waals surface area contributed by atoms with Gasteiger partial charge in [-0.2, -0.15) is 0 Å². The Bertz CT molecular complexity index is 1730. The van der Waals surface area contributed by atoms with Crippen molar-refractivity contribution < 1.29 is 13.1 Å². The number of pyridine rings is 1. The summed E-state index contributed by atoms with van der Waals surface area (Å²) >= 11 is 0. The first-order valence-electron chi connectivity index (χ1n) is 14.2. The van der Waals surface area contributed by atoms with E-state index < -0.39 is 6.85 Å². The van der Waals surface area contributed by atoms with Crippen LogP contribution in [0, 0.1) is 13.8 Å². The molecule has 0 aliphatic rings. The van der Waals surface area contributed by atoms with Gasteiger partial charge in [-0.3, -0.25) is 0 Å². The van der Waals surface area contributed by atoms with Gasteiger partial charge < -0.3 is 4.42 Å². The predicted molar refractivity (Wildman–Crippen MR) is 153 cm³/mol. The molecule has 0 saturated heterocycles. The second-order valence-electron chi connectivity index (χ2n) is 12.1. The Kier molecular flexibility index (Phi) is 4.81. The lowest BCUT2D eigenvalue weighted by Crippen LogP contribution is -2.34. The minimum atomic E-state index is -2.25. The molecule has 0 radical (unpaired) electrons. The smallest absolute Gasteiger partial charge is 0.216 e. The van der Waals surface area contributed by atoms with E-state index in [0.29, 0.717) is 5.56 Å². The second-order valence-corrected chi connectivity index (χ2v) is 12.1. The van der Waals surface area contributed by atoms with E-state index in [1.807, 2.05) is 30.3 Å². The van der Waals surface area contributed by atoms with Crippen molar-refractivity contribution in [1.82, 2.24) is 0 Å². The first kappa shape index (κ1) is 20.8. The van der Waals surface area contributed by atoms with E-state index in [1.165, 1.54) is 0 Å². The van der Waals surface area contributed by atoms with Crippen LogP contribution < -0.4 is 4.57 Å². The third kappa shape index (κ3) is 4.03. The third-order valence-electron chi connectivity index (χ3n) is 7.27. The summed E-state index contributed by atoms with van der Waals surface area (Å²) in [7, 11) is 2.06. The van der Waals surface area contributed by atoms with E-state index >= 15 is 0 Å². The van der Waals surface area contributed by atoms with Crippen LogP contribution in [0.15, 0.2) is 71.3 Å². The average Bonchev–Trinajstić information content (AvgIpc) is 3.21. The molecule has 0 spiro atoms. The molecule has 2 aromatic heterocycles.